The van der Waals surface area contributed by atoms with Gasteiger partial charge in [0.2, 0.25) is 11.8 Å². The largest absolute Gasteiger partial charge is 0.455 e. The minimum Gasteiger partial charge on any atom is -0.455 e. The van der Waals surface area contributed by atoms with Gasteiger partial charge in [-0.05, 0) is 44.7 Å². The maximum atomic E-state index is 13.0. The van der Waals surface area contributed by atoms with Gasteiger partial charge in [-0.1, -0.05) is 37.3 Å². The Labute approximate surface area is 172 Å². The third kappa shape index (κ3) is 4.95. The van der Waals surface area contributed by atoms with E-state index >= 15 is 0 Å². The maximum Gasteiger partial charge on any atom is 0.239 e. The number of nitrogens with one attached hydrogen (secondary N) is 1. The average Bonchev–Trinajstić information content (AvgIpc) is 2.75. The topological polar surface area (TPSA) is 61.9 Å². The zero-order valence-electron chi connectivity index (χ0n) is 17.4. The van der Waals surface area contributed by atoms with Gasteiger partial charge in [-0.15, -0.1) is 0 Å². The normalized spacial score (nSPS) is 15.1. The Kier molecular flexibility index (Phi) is 6.54. The molecule has 6 nitrogen and oxygen atoms in total. The van der Waals surface area contributed by atoms with Gasteiger partial charge in [0.15, 0.2) is 5.75 Å². The van der Waals surface area contributed by atoms with Crippen molar-refractivity contribution in [3.8, 4) is 11.5 Å². The van der Waals surface area contributed by atoms with Gasteiger partial charge >= 0.3 is 0 Å². The van der Waals surface area contributed by atoms with Crippen molar-refractivity contribution < 1.29 is 14.3 Å². The minimum absolute atomic E-state index is 0.146. The van der Waals surface area contributed by atoms with E-state index in [1.165, 1.54) is 0 Å². The summed E-state index contributed by atoms with van der Waals surface area (Å²) < 4.78 is 5.91. The molecule has 1 fully saturated rings. The van der Waals surface area contributed by atoms with Crippen molar-refractivity contribution in [2.45, 2.75) is 20.8 Å². The third-order valence-electron chi connectivity index (χ3n) is 5.32. The van der Waals surface area contributed by atoms with Crippen molar-refractivity contribution in [2.75, 3.05) is 38.0 Å². The van der Waals surface area contributed by atoms with Crippen LogP contribution in [0.2, 0.25) is 0 Å². The highest BCUT2D eigenvalue weighted by Gasteiger charge is 2.40. The molecule has 1 heterocycles. The van der Waals surface area contributed by atoms with Crippen LogP contribution in [0.3, 0.4) is 0 Å². The van der Waals surface area contributed by atoms with Gasteiger partial charge in [0.1, 0.15) is 11.2 Å². The molecule has 0 atom stereocenters. The molecule has 0 unspecified atom stereocenters. The van der Waals surface area contributed by atoms with Gasteiger partial charge in [-0.3, -0.25) is 9.59 Å². The van der Waals surface area contributed by atoms with Gasteiger partial charge in [0.25, 0.3) is 0 Å². The standard InChI is InChI=1S/C23H29N3O3/c1-4-25-14-16-26(17-15-25)22(28)23(2,3)21(27)24-19-12-8-9-13-20(19)29-18-10-6-5-7-11-18/h5-13H,4,14-17H2,1-3H3,(H,24,27). The van der Waals surface area contributed by atoms with E-state index in [1.54, 1.807) is 30.9 Å². The fourth-order valence-electron chi connectivity index (χ4n) is 3.31. The Balaban J connectivity index is 1.70. The first-order valence-corrected chi connectivity index (χ1v) is 10.1. The Morgan fingerprint density at radius 2 is 1.59 bits per heavy atom. The molecule has 2 aromatic rings. The molecule has 0 aliphatic carbocycles. The molecule has 29 heavy (non-hydrogen) atoms. The zero-order valence-corrected chi connectivity index (χ0v) is 17.4. The number of anilines is 1. The van der Waals surface area contributed by atoms with E-state index in [0.717, 1.165) is 19.6 Å². The van der Waals surface area contributed by atoms with Crippen molar-refractivity contribution in [3.63, 3.8) is 0 Å². The SMILES string of the molecule is CCN1CCN(C(=O)C(C)(C)C(=O)Nc2ccccc2Oc2ccccc2)CC1. The highest BCUT2D eigenvalue weighted by Crippen LogP contribution is 2.31. The number of para-hydroxylation sites is 3. The van der Waals surface area contributed by atoms with Crippen LogP contribution in [-0.2, 0) is 9.59 Å². The molecular weight excluding hydrogens is 366 g/mol. The monoisotopic (exact) mass is 395 g/mol. The maximum absolute atomic E-state index is 13.0. The lowest BCUT2D eigenvalue weighted by Crippen LogP contribution is -2.54. The molecule has 0 radical (unpaired) electrons. The van der Waals surface area contributed by atoms with Crippen LogP contribution >= 0.6 is 0 Å². The van der Waals surface area contributed by atoms with Crippen molar-refractivity contribution in [1.82, 2.24) is 9.80 Å². The first-order chi connectivity index (χ1) is 13.9. The fraction of sp³-hybridized carbons (Fsp3) is 0.391. The lowest BCUT2D eigenvalue weighted by atomic mass is 9.89. The van der Waals surface area contributed by atoms with Crippen LogP contribution in [0.25, 0.3) is 0 Å². The molecule has 6 heteroatoms. The van der Waals surface area contributed by atoms with Crippen molar-refractivity contribution in [1.29, 1.82) is 0 Å². The van der Waals surface area contributed by atoms with Crippen LogP contribution < -0.4 is 10.1 Å². The number of hydrogen-bond acceptors (Lipinski definition) is 4. The molecule has 154 valence electrons. The van der Waals surface area contributed by atoms with E-state index in [2.05, 4.69) is 17.1 Å². The van der Waals surface area contributed by atoms with Gasteiger partial charge in [-0.2, -0.15) is 0 Å². The molecule has 2 amide bonds. The van der Waals surface area contributed by atoms with Crippen LogP contribution in [0.4, 0.5) is 5.69 Å². The number of amides is 2. The summed E-state index contributed by atoms with van der Waals surface area (Å²) in [5.74, 6) is 0.724. The first-order valence-electron chi connectivity index (χ1n) is 10.1. The number of carbonyl (C=O) groups excluding carboxylic acids is 2. The van der Waals surface area contributed by atoms with E-state index < -0.39 is 5.41 Å². The highest BCUT2D eigenvalue weighted by molar-refractivity contribution is 6.10. The van der Waals surface area contributed by atoms with Crippen molar-refractivity contribution in [2.24, 2.45) is 5.41 Å². The van der Waals surface area contributed by atoms with E-state index in [-0.39, 0.29) is 11.8 Å². The number of likely N-dealkylation sites (N-methyl/N-ethyl adjacent to an activating group) is 1. The number of piperazine rings is 1. The summed E-state index contributed by atoms with van der Waals surface area (Å²) in [7, 11) is 0. The van der Waals surface area contributed by atoms with Gasteiger partial charge < -0.3 is 19.9 Å². The lowest BCUT2D eigenvalue weighted by Gasteiger charge is -2.37. The molecule has 2 aromatic carbocycles. The van der Waals surface area contributed by atoms with Crippen molar-refractivity contribution in [3.05, 3.63) is 54.6 Å². The molecule has 1 aliphatic rings. The predicted octanol–water partition coefficient (Wildman–Crippen LogP) is 3.61. The molecule has 1 N–H and O–H groups in total. The number of rotatable bonds is 6. The van der Waals surface area contributed by atoms with Crippen molar-refractivity contribution >= 4 is 17.5 Å². The Bertz CT molecular complexity index is 843. The molecule has 0 bridgehead atoms. The Morgan fingerprint density at radius 3 is 2.24 bits per heavy atom. The predicted molar refractivity (Wildman–Crippen MR) is 114 cm³/mol. The quantitative estimate of drug-likeness (QED) is 0.759. The van der Waals surface area contributed by atoms with E-state index in [4.69, 9.17) is 4.74 Å². The number of carbonyl (C=O) groups is 2. The third-order valence-corrected chi connectivity index (χ3v) is 5.32. The number of ether oxygens (including phenoxy) is 1. The lowest BCUT2D eigenvalue weighted by molar-refractivity contribution is -0.147. The number of nitrogens with zero attached hydrogens (tertiary/aromatic N) is 2. The number of hydrogen-bond donors (Lipinski definition) is 1. The van der Waals surface area contributed by atoms with Crippen LogP contribution in [-0.4, -0.2) is 54.3 Å². The van der Waals surface area contributed by atoms with Gasteiger partial charge in [-0.25, -0.2) is 0 Å². The summed E-state index contributed by atoms with van der Waals surface area (Å²) in [6.07, 6.45) is 0. The highest BCUT2D eigenvalue weighted by atomic mass is 16.5. The molecule has 1 aliphatic heterocycles. The summed E-state index contributed by atoms with van der Waals surface area (Å²) >= 11 is 0. The summed E-state index contributed by atoms with van der Waals surface area (Å²) in [5.41, 5.74) is -0.633. The summed E-state index contributed by atoms with van der Waals surface area (Å²) in [5, 5.41) is 2.89. The average molecular weight is 396 g/mol. The second kappa shape index (κ2) is 9.09. The molecule has 0 aromatic heterocycles. The fourth-order valence-corrected chi connectivity index (χ4v) is 3.31. The smallest absolute Gasteiger partial charge is 0.239 e. The summed E-state index contributed by atoms with van der Waals surface area (Å²) in [6.45, 7) is 9.43. The number of benzene rings is 2. The van der Waals surface area contributed by atoms with E-state index in [9.17, 15) is 9.59 Å². The van der Waals surface area contributed by atoms with Gasteiger partial charge in [0.05, 0.1) is 5.69 Å². The van der Waals surface area contributed by atoms with Crippen LogP contribution in [0.5, 0.6) is 11.5 Å². The summed E-state index contributed by atoms with van der Waals surface area (Å²) in [4.78, 5) is 30.1. The van der Waals surface area contributed by atoms with Crippen LogP contribution in [0.15, 0.2) is 54.6 Å². The van der Waals surface area contributed by atoms with Crippen LogP contribution in [0, 0.1) is 5.41 Å². The second-order valence-corrected chi connectivity index (χ2v) is 7.72. The Hall–Kier alpha value is -2.86. The molecule has 1 saturated heterocycles. The first kappa shape index (κ1) is 20.9. The zero-order chi connectivity index (χ0) is 20.9. The Morgan fingerprint density at radius 1 is 0.966 bits per heavy atom. The molecule has 0 saturated carbocycles. The molecular formula is C23H29N3O3. The van der Waals surface area contributed by atoms with E-state index in [1.807, 2.05) is 42.5 Å². The second-order valence-electron chi connectivity index (χ2n) is 7.72. The molecule has 0 spiro atoms. The summed E-state index contributed by atoms with van der Waals surface area (Å²) in [6, 6.07) is 16.6. The van der Waals surface area contributed by atoms with Gasteiger partial charge in [0, 0.05) is 26.2 Å². The minimum atomic E-state index is -1.17. The molecule has 3 rings (SSSR count). The van der Waals surface area contributed by atoms with Crippen LogP contribution in [0.1, 0.15) is 20.8 Å². The van der Waals surface area contributed by atoms with E-state index in [0.29, 0.717) is 30.3 Å².